The molecule has 3 aromatic rings. The van der Waals surface area contributed by atoms with Gasteiger partial charge in [-0.15, -0.1) is 0 Å². The Labute approximate surface area is 149 Å². The van der Waals surface area contributed by atoms with E-state index in [1.54, 1.807) is 0 Å². The van der Waals surface area contributed by atoms with Crippen molar-refractivity contribution in [1.29, 1.82) is 5.41 Å². The van der Waals surface area contributed by atoms with Crippen LogP contribution in [0.1, 0.15) is 36.1 Å². The van der Waals surface area contributed by atoms with E-state index in [-0.39, 0.29) is 5.41 Å². The summed E-state index contributed by atoms with van der Waals surface area (Å²) in [7, 11) is 1.90. The average Bonchev–Trinajstić information content (AvgIpc) is 2.89. The number of rotatable bonds is 3. The van der Waals surface area contributed by atoms with Crippen LogP contribution < -0.4 is 5.32 Å². The van der Waals surface area contributed by atoms with Crippen molar-refractivity contribution in [3.05, 3.63) is 89.0 Å². The van der Waals surface area contributed by atoms with Crippen LogP contribution in [0.3, 0.4) is 0 Å². The van der Waals surface area contributed by atoms with Crippen LogP contribution in [0.5, 0.6) is 0 Å². The largest absolute Gasteiger partial charge is 0.388 e. The van der Waals surface area contributed by atoms with Gasteiger partial charge in [-0.2, -0.15) is 0 Å². The second kappa shape index (κ2) is 5.59. The monoisotopic (exact) mass is 326 g/mol. The minimum atomic E-state index is -0.108. The Morgan fingerprint density at radius 1 is 0.800 bits per heavy atom. The Morgan fingerprint density at radius 3 is 2.24 bits per heavy atom. The summed E-state index contributed by atoms with van der Waals surface area (Å²) in [5.41, 5.74) is 8.54. The van der Waals surface area contributed by atoms with E-state index in [4.69, 9.17) is 5.41 Å². The van der Waals surface area contributed by atoms with Crippen LogP contribution in [-0.2, 0) is 5.41 Å². The summed E-state index contributed by atoms with van der Waals surface area (Å²) in [4.78, 5) is 0. The molecule has 0 saturated carbocycles. The van der Waals surface area contributed by atoms with Crippen LogP contribution in [0, 0.1) is 5.41 Å². The van der Waals surface area contributed by atoms with E-state index in [2.05, 4.69) is 61.6 Å². The van der Waals surface area contributed by atoms with Crippen molar-refractivity contribution in [3.63, 3.8) is 0 Å². The molecule has 2 heteroatoms. The lowest BCUT2D eigenvalue weighted by Gasteiger charge is -2.25. The van der Waals surface area contributed by atoms with Gasteiger partial charge in [-0.25, -0.2) is 0 Å². The van der Waals surface area contributed by atoms with Gasteiger partial charge in [0.05, 0.1) is 5.71 Å². The normalized spacial score (nSPS) is 13.9. The fourth-order valence-electron chi connectivity index (χ4n) is 4.12. The quantitative estimate of drug-likeness (QED) is 0.617. The Kier molecular flexibility index (Phi) is 3.50. The number of hydrogen-bond acceptors (Lipinski definition) is 2. The van der Waals surface area contributed by atoms with Crippen LogP contribution in [0.2, 0.25) is 0 Å². The van der Waals surface area contributed by atoms with Crippen molar-refractivity contribution in [2.75, 3.05) is 12.4 Å². The molecule has 0 spiro atoms. The second-order valence-electron chi connectivity index (χ2n) is 7.07. The molecular weight excluding hydrogens is 304 g/mol. The van der Waals surface area contributed by atoms with E-state index in [1.807, 2.05) is 31.3 Å². The summed E-state index contributed by atoms with van der Waals surface area (Å²) >= 11 is 0. The summed E-state index contributed by atoms with van der Waals surface area (Å²) in [5, 5.41) is 12.1. The average molecular weight is 326 g/mol. The topological polar surface area (TPSA) is 35.9 Å². The van der Waals surface area contributed by atoms with Crippen LogP contribution in [0.25, 0.3) is 11.1 Å². The van der Waals surface area contributed by atoms with Crippen LogP contribution in [0.4, 0.5) is 5.69 Å². The fraction of sp³-hybridized carbons (Fsp3) is 0.174. The summed E-state index contributed by atoms with van der Waals surface area (Å²) in [6, 6.07) is 23.0. The molecule has 0 unspecified atom stereocenters. The molecule has 0 fully saturated rings. The maximum atomic E-state index is 8.93. The van der Waals surface area contributed by atoms with E-state index in [0.717, 1.165) is 16.8 Å². The van der Waals surface area contributed by atoms with Crippen LogP contribution in [-0.4, -0.2) is 12.8 Å². The van der Waals surface area contributed by atoms with Crippen molar-refractivity contribution in [3.8, 4) is 11.1 Å². The number of fused-ring (bicyclic) bond motifs is 3. The SMILES string of the molecule is CNc1ccccc1C(=N)c1cccc2c1C(C)(C)c1ccccc1-2. The summed E-state index contributed by atoms with van der Waals surface area (Å²) < 4.78 is 0. The first-order chi connectivity index (χ1) is 12.1. The molecule has 0 radical (unpaired) electrons. The predicted molar refractivity (Wildman–Crippen MR) is 106 cm³/mol. The molecule has 0 heterocycles. The van der Waals surface area contributed by atoms with Gasteiger partial charge in [0, 0.05) is 29.3 Å². The van der Waals surface area contributed by atoms with Crippen molar-refractivity contribution >= 4 is 11.4 Å². The third-order valence-electron chi connectivity index (χ3n) is 5.32. The summed E-state index contributed by atoms with van der Waals surface area (Å²) in [6.45, 7) is 4.52. The molecule has 1 aliphatic carbocycles. The van der Waals surface area contributed by atoms with Gasteiger partial charge in [-0.3, -0.25) is 5.41 Å². The molecule has 2 N–H and O–H groups in total. The minimum Gasteiger partial charge on any atom is -0.388 e. The highest BCUT2D eigenvalue weighted by molar-refractivity contribution is 6.16. The number of nitrogens with one attached hydrogen (secondary N) is 2. The Morgan fingerprint density at radius 2 is 1.44 bits per heavy atom. The lowest BCUT2D eigenvalue weighted by Crippen LogP contribution is -2.20. The van der Waals surface area contributed by atoms with Gasteiger partial charge < -0.3 is 5.32 Å². The number of anilines is 1. The van der Waals surface area contributed by atoms with Crippen molar-refractivity contribution in [2.24, 2.45) is 0 Å². The van der Waals surface area contributed by atoms with E-state index in [9.17, 15) is 0 Å². The zero-order chi connectivity index (χ0) is 17.6. The third-order valence-corrected chi connectivity index (χ3v) is 5.32. The van der Waals surface area contributed by atoms with Gasteiger partial charge >= 0.3 is 0 Å². The minimum absolute atomic E-state index is 0.108. The van der Waals surface area contributed by atoms with Gasteiger partial charge in [0.2, 0.25) is 0 Å². The Bertz CT molecular complexity index is 983. The molecule has 2 nitrogen and oxygen atoms in total. The van der Waals surface area contributed by atoms with E-state index in [0.29, 0.717) is 5.71 Å². The predicted octanol–water partition coefficient (Wildman–Crippen LogP) is 5.45. The van der Waals surface area contributed by atoms with Crippen LogP contribution >= 0.6 is 0 Å². The molecule has 3 aromatic carbocycles. The van der Waals surface area contributed by atoms with Gasteiger partial charge in [0.1, 0.15) is 0 Å². The van der Waals surface area contributed by atoms with Crippen molar-refractivity contribution in [2.45, 2.75) is 19.3 Å². The molecule has 0 saturated heterocycles. The van der Waals surface area contributed by atoms with Gasteiger partial charge in [-0.1, -0.05) is 74.5 Å². The first kappa shape index (κ1) is 15.6. The van der Waals surface area contributed by atoms with Crippen molar-refractivity contribution < 1.29 is 0 Å². The molecule has 1 aliphatic rings. The second-order valence-corrected chi connectivity index (χ2v) is 7.07. The molecule has 124 valence electrons. The molecule has 0 atom stereocenters. The summed E-state index contributed by atoms with van der Waals surface area (Å²) in [6.07, 6.45) is 0. The Hall–Kier alpha value is -2.87. The molecule has 0 amide bonds. The van der Waals surface area contributed by atoms with Gasteiger partial charge in [0.25, 0.3) is 0 Å². The lowest BCUT2D eigenvalue weighted by molar-refractivity contribution is 0.659. The van der Waals surface area contributed by atoms with Crippen LogP contribution in [0.15, 0.2) is 66.7 Å². The van der Waals surface area contributed by atoms with Crippen molar-refractivity contribution in [1.82, 2.24) is 0 Å². The standard InChI is InChI=1S/C23H22N2/c1-23(2)19-13-6-4-9-15(19)16-11-8-12-18(21(16)23)22(24)17-10-5-7-14-20(17)25-3/h4-14,24-25H,1-3H3. The highest BCUT2D eigenvalue weighted by Crippen LogP contribution is 2.50. The number of benzene rings is 3. The molecule has 0 aliphatic heterocycles. The number of hydrogen-bond donors (Lipinski definition) is 2. The summed E-state index contributed by atoms with van der Waals surface area (Å²) in [5.74, 6) is 0. The zero-order valence-electron chi connectivity index (χ0n) is 14.9. The maximum absolute atomic E-state index is 8.93. The third kappa shape index (κ3) is 2.21. The van der Waals surface area contributed by atoms with E-state index >= 15 is 0 Å². The molecule has 0 bridgehead atoms. The highest BCUT2D eigenvalue weighted by atomic mass is 14.8. The number of para-hydroxylation sites is 1. The first-order valence-electron chi connectivity index (χ1n) is 8.65. The Balaban J connectivity index is 1.95. The smallest absolute Gasteiger partial charge is 0.0708 e. The maximum Gasteiger partial charge on any atom is 0.0708 e. The van der Waals surface area contributed by atoms with E-state index in [1.165, 1.54) is 22.3 Å². The highest BCUT2D eigenvalue weighted by Gasteiger charge is 2.37. The molecule has 4 rings (SSSR count). The van der Waals surface area contributed by atoms with Gasteiger partial charge in [0.15, 0.2) is 0 Å². The molecular formula is C23H22N2. The van der Waals surface area contributed by atoms with Gasteiger partial charge in [-0.05, 0) is 28.3 Å². The lowest BCUT2D eigenvalue weighted by atomic mass is 9.78. The molecule has 0 aromatic heterocycles. The fourth-order valence-corrected chi connectivity index (χ4v) is 4.12. The zero-order valence-corrected chi connectivity index (χ0v) is 14.9. The first-order valence-corrected chi connectivity index (χ1v) is 8.65. The van der Waals surface area contributed by atoms with E-state index < -0.39 is 0 Å². The molecule has 25 heavy (non-hydrogen) atoms.